The maximum atomic E-state index is 12.1. The van der Waals surface area contributed by atoms with Crippen LogP contribution in [-0.2, 0) is 9.53 Å². The molecule has 8 heteroatoms. The van der Waals surface area contributed by atoms with Crippen LogP contribution in [0.25, 0.3) is 0 Å². The zero-order valence-corrected chi connectivity index (χ0v) is 14.1. The van der Waals surface area contributed by atoms with Crippen molar-refractivity contribution < 1.29 is 19.4 Å². The Morgan fingerprint density at radius 3 is 2.52 bits per heavy atom. The molecule has 0 atom stereocenters. The average molecular weight is 362 g/mol. The number of ether oxygens (including phenoxy) is 1. The minimum atomic E-state index is -1.15. The minimum Gasteiger partial charge on any atom is -0.478 e. The molecule has 3 N–H and O–H groups in total. The number of hydrogen-bond acceptors (Lipinski definition) is 5. The summed E-state index contributed by atoms with van der Waals surface area (Å²) in [5.74, 6) is -2.08. The molecule has 0 aliphatic carbocycles. The Bertz CT molecular complexity index is 808. The van der Waals surface area contributed by atoms with Crippen molar-refractivity contribution in [3.05, 3.63) is 59.1 Å². The van der Waals surface area contributed by atoms with Crippen molar-refractivity contribution in [2.24, 2.45) is 4.99 Å². The number of carbonyl (C=O) groups excluding carboxylic acids is 1. The van der Waals surface area contributed by atoms with E-state index < -0.39 is 11.9 Å². The molecule has 0 radical (unpaired) electrons. The lowest BCUT2D eigenvalue weighted by atomic mass is 10.2. The lowest BCUT2D eigenvalue weighted by Crippen LogP contribution is -2.37. The normalized spacial score (nSPS) is 10.9. The zero-order valence-electron chi connectivity index (χ0n) is 13.3. The summed E-state index contributed by atoms with van der Waals surface area (Å²) in [6, 6.07) is 13.0. The summed E-state index contributed by atoms with van der Waals surface area (Å²) in [6.07, 6.45) is 0. The average Bonchev–Trinajstić information content (AvgIpc) is 2.60. The van der Waals surface area contributed by atoms with Gasteiger partial charge in [-0.2, -0.15) is 0 Å². The van der Waals surface area contributed by atoms with E-state index >= 15 is 0 Å². The van der Waals surface area contributed by atoms with E-state index in [0.717, 1.165) is 0 Å². The molecule has 0 unspecified atom stereocenters. The second-order valence-electron chi connectivity index (χ2n) is 4.73. The van der Waals surface area contributed by atoms with E-state index in [1.165, 1.54) is 12.1 Å². The van der Waals surface area contributed by atoms with Crippen molar-refractivity contribution in [2.45, 2.75) is 6.92 Å². The molecule has 0 bridgehead atoms. The molecule has 0 aliphatic rings. The van der Waals surface area contributed by atoms with Gasteiger partial charge < -0.3 is 9.84 Å². The fraction of sp³-hybridized carbons (Fsp3) is 0.118. The number of carbonyl (C=O) groups is 2. The van der Waals surface area contributed by atoms with Gasteiger partial charge in [0.15, 0.2) is 0 Å². The van der Waals surface area contributed by atoms with E-state index in [4.69, 9.17) is 16.3 Å². The second kappa shape index (κ2) is 8.70. The molecule has 0 saturated carbocycles. The summed E-state index contributed by atoms with van der Waals surface area (Å²) in [5.41, 5.74) is 5.98. The van der Waals surface area contributed by atoms with Gasteiger partial charge in [0, 0.05) is 0 Å². The van der Waals surface area contributed by atoms with Crippen LogP contribution in [0.2, 0.25) is 5.02 Å². The van der Waals surface area contributed by atoms with Crippen molar-refractivity contribution >= 4 is 40.7 Å². The van der Waals surface area contributed by atoms with Crippen LogP contribution in [0.15, 0.2) is 53.5 Å². The highest BCUT2D eigenvalue weighted by atomic mass is 35.5. The number of para-hydroxylation sites is 2. The van der Waals surface area contributed by atoms with Crippen molar-refractivity contribution in [1.82, 2.24) is 5.43 Å². The van der Waals surface area contributed by atoms with Gasteiger partial charge >= 0.3 is 11.9 Å². The molecular formula is C17H16ClN3O4. The lowest BCUT2D eigenvalue weighted by molar-refractivity contribution is -0.135. The van der Waals surface area contributed by atoms with Crippen LogP contribution in [0.3, 0.4) is 0 Å². The number of esters is 1. The van der Waals surface area contributed by atoms with Crippen LogP contribution in [0, 0.1) is 0 Å². The van der Waals surface area contributed by atoms with Crippen molar-refractivity contribution in [3.63, 3.8) is 0 Å². The number of anilines is 1. The number of aromatic carboxylic acids is 1. The first kappa shape index (κ1) is 18.3. The number of benzene rings is 2. The molecule has 2 aromatic rings. The number of aliphatic imine (C=N–C) groups is 1. The number of nitrogens with one attached hydrogen (secondary N) is 2. The third-order valence-corrected chi connectivity index (χ3v) is 3.35. The maximum Gasteiger partial charge on any atom is 0.375 e. The molecule has 25 heavy (non-hydrogen) atoms. The zero-order chi connectivity index (χ0) is 18.2. The number of nitrogens with zero attached hydrogens (tertiary/aromatic N) is 1. The molecular weight excluding hydrogens is 346 g/mol. The molecule has 2 aromatic carbocycles. The van der Waals surface area contributed by atoms with E-state index in [2.05, 4.69) is 15.8 Å². The number of halogens is 1. The van der Waals surface area contributed by atoms with Crippen LogP contribution < -0.4 is 10.9 Å². The standard InChI is InChI=1S/C17H16ClN3O4/c1-2-25-17(24)15(21-20-14-10-6-4-8-12(14)18)19-13-9-5-3-7-11(13)16(22)23/h3-10,20H,2H2,1H3,(H,19,21)(H,22,23). The van der Waals surface area contributed by atoms with Gasteiger partial charge in [0.2, 0.25) is 5.84 Å². The van der Waals surface area contributed by atoms with E-state index in [0.29, 0.717) is 10.7 Å². The summed E-state index contributed by atoms with van der Waals surface area (Å²) >= 11 is 6.04. The summed E-state index contributed by atoms with van der Waals surface area (Å²) in [5, 5.41) is 9.66. The number of amidine groups is 1. The number of rotatable bonds is 5. The SMILES string of the molecule is CCOC(=O)C(=Nc1ccccc1C(=O)O)NNc1ccccc1Cl. The highest BCUT2D eigenvalue weighted by Crippen LogP contribution is 2.20. The fourth-order valence-corrected chi connectivity index (χ4v) is 2.07. The fourth-order valence-electron chi connectivity index (χ4n) is 1.89. The Kier molecular flexibility index (Phi) is 6.36. The van der Waals surface area contributed by atoms with Crippen molar-refractivity contribution in [3.8, 4) is 0 Å². The van der Waals surface area contributed by atoms with Crippen LogP contribution >= 0.6 is 11.6 Å². The van der Waals surface area contributed by atoms with Gasteiger partial charge in [0.05, 0.1) is 28.6 Å². The third kappa shape index (κ3) is 4.95. The highest BCUT2D eigenvalue weighted by molar-refractivity contribution is 6.36. The predicted octanol–water partition coefficient (Wildman–Crippen LogP) is 3.25. The Morgan fingerprint density at radius 2 is 1.84 bits per heavy atom. The van der Waals surface area contributed by atoms with Gasteiger partial charge in [0.1, 0.15) is 0 Å². The van der Waals surface area contributed by atoms with Crippen LogP contribution in [-0.4, -0.2) is 29.5 Å². The van der Waals surface area contributed by atoms with E-state index in [1.807, 2.05) is 0 Å². The van der Waals surface area contributed by atoms with Gasteiger partial charge in [-0.05, 0) is 31.2 Å². The van der Waals surface area contributed by atoms with Gasteiger partial charge in [-0.15, -0.1) is 0 Å². The molecule has 0 spiro atoms. The molecule has 2 rings (SSSR count). The van der Waals surface area contributed by atoms with E-state index in [1.54, 1.807) is 43.3 Å². The van der Waals surface area contributed by atoms with Crippen LogP contribution in [0.1, 0.15) is 17.3 Å². The Hall–Kier alpha value is -3.06. The topological polar surface area (TPSA) is 100 Å². The monoisotopic (exact) mass is 361 g/mol. The third-order valence-electron chi connectivity index (χ3n) is 3.02. The molecule has 130 valence electrons. The molecule has 0 fully saturated rings. The second-order valence-corrected chi connectivity index (χ2v) is 5.14. The molecule has 0 heterocycles. The van der Waals surface area contributed by atoms with Crippen LogP contribution in [0.5, 0.6) is 0 Å². The highest BCUT2D eigenvalue weighted by Gasteiger charge is 2.16. The van der Waals surface area contributed by atoms with E-state index in [9.17, 15) is 14.7 Å². The molecule has 0 saturated heterocycles. The van der Waals surface area contributed by atoms with Gasteiger partial charge in [-0.1, -0.05) is 35.9 Å². The number of carboxylic acids is 1. The van der Waals surface area contributed by atoms with Gasteiger partial charge in [-0.25, -0.2) is 14.6 Å². The van der Waals surface area contributed by atoms with Crippen molar-refractivity contribution in [1.29, 1.82) is 0 Å². The summed E-state index contributed by atoms with van der Waals surface area (Å²) in [4.78, 5) is 27.5. The smallest absolute Gasteiger partial charge is 0.375 e. The molecule has 0 amide bonds. The first-order valence-electron chi connectivity index (χ1n) is 7.37. The van der Waals surface area contributed by atoms with Crippen LogP contribution in [0.4, 0.5) is 11.4 Å². The molecule has 7 nitrogen and oxygen atoms in total. The summed E-state index contributed by atoms with van der Waals surface area (Å²) in [6.45, 7) is 1.80. The number of hydrogen-bond donors (Lipinski definition) is 3. The largest absolute Gasteiger partial charge is 0.478 e. The quantitative estimate of drug-likeness (QED) is 0.327. The number of hydrazine groups is 1. The first-order valence-corrected chi connectivity index (χ1v) is 7.75. The van der Waals surface area contributed by atoms with Gasteiger partial charge in [0.25, 0.3) is 0 Å². The maximum absolute atomic E-state index is 12.1. The van der Waals surface area contributed by atoms with Crippen molar-refractivity contribution in [2.75, 3.05) is 12.0 Å². The minimum absolute atomic E-state index is 0.0381. The predicted molar refractivity (Wildman–Crippen MR) is 95.3 cm³/mol. The Labute approximate surface area is 149 Å². The Morgan fingerprint density at radius 1 is 1.16 bits per heavy atom. The van der Waals surface area contributed by atoms with E-state index in [-0.39, 0.29) is 23.7 Å². The Balaban J connectivity index is 2.32. The van der Waals surface area contributed by atoms with Gasteiger partial charge in [-0.3, -0.25) is 10.9 Å². The molecule has 0 aromatic heterocycles. The lowest BCUT2D eigenvalue weighted by Gasteiger charge is -2.13. The first-order chi connectivity index (χ1) is 12.0. The summed E-state index contributed by atoms with van der Waals surface area (Å²) < 4.78 is 4.94. The number of carboxylic acid groups (broad SMARTS) is 1. The summed E-state index contributed by atoms with van der Waals surface area (Å²) in [7, 11) is 0. The molecule has 0 aliphatic heterocycles.